The highest BCUT2D eigenvalue weighted by Crippen LogP contribution is 2.33. The second-order valence-corrected chi connectivity index (χ2v) is 6.72. The van der Waals surface area contributed by atoms with Crippen molar-refractivity contribution in [3.8, 4) is 5.75 Å². The third kappa shape index (κ3) is 4.12. The Kier molecular flexibility index (Phi) is 4.75. The molecule has 3 heteroatoms. The van der Waals surface area contributed by atoms with Crippen LogP contribution in [0.5, 0.6) is 5.75 Å². The Hall–Kier alpha value is -0.730. The van der Waals surface area contributed by atoms with Crippen LogP contribution in [0, 0.1) is 0 Å². The molecule has 0 amide bonds. The van der Waals surface area contributed by atoms with Crippen molar-refractivity contribution >= 4 is 11.6 Å². The maximum absolute atomic E-state index is 6.10. The van der Waals surface area contributed by atoms with Crippen molar-refractivity contribution in [3.63, 3.8) is 0 Å². The number of likely N-dealkylation sites (tertiary alicyclic amines) is 1. The zero-order chi connectivity index (χ0) is 13.9. The van der Waals surface area contributed by atoms with E-state index in [4.69, 9.17) is 16.3 Å². The molecule has 0 bridgehead atoms. The van der Waals surface area contributed by atoms with Crippen molar-refractivity contribution in [2.24, 2.45) is 0 Å². The Morgan fingerprint density at radius 2 is 1.89 bits per heavy atom. The summed E-state index contributed by atoms with van der Waals surface area (Å²) >= 11 is 6.10. The van der Waals surface area contributed by atoms with E-state index in [1.807, 2.05) is 18.2 Å². The van der Waals surface area contributed by atoms with Crippen molar-refractivity contribution in [1.29, 1.82) is 0 Å². The fourth-order valence-electron chi connectivity index (χ4n) is 2.51. The minimum absolute atomic E-state index is 0.0495. The van der Waals surface area contributed by atoms with Gasteiger partial charge in [0, 0.05) is 17.1 Å². The van der Waals surface area contributed by atoms with Gasteiger partial charge in [0.1, 0.15) is 12.4 Å². The van der Waals surface area contributed by atoms with Gasteiger partial charge in [-0.05, 0) is 49.5 Å². The Balaban J connectivity index is 1.98. The number of ether oxygens (including phenoxy) is 1. The molecule has 1 fully saturated rings. The number of hydrogen-bond acceptors (Lipinski definition) is 2. The lowest BCUT2D eigenvalue weighted by Crippen LogP contribution is -2.25. The summed E-state index contributed by atoms with van der Waals surface area (Å²) in [5.74, 6) is 0.969. The van der Waals surface area contributed by atoms with Crippen molar-refractivity contribution in [2.45, 2.75) is 39.0 Å². The molecule has 0 radical (unpaired) electrons. The number of nitrogens with zero attached hydrogens (tertiary/aromatic N) is 1. The van der Waals surface area contributed by atoms with E-state index in [0.29, 0.717) is 0 Å². The molecule has 19 heavy (non-hydrogen) atoms. The summed E-state index contributed by atoms with van der Waals surface area (Å²) in [6.07, 6.45) is 2.66. The summed E-state index contributed by atoms with van der Waals surface area (Å²) in [7, 11) is 0. The maximum Gasteiger partial charge on any atom is 0.123 e. The van der Waals surface area contributed by atoms with E-state index in [-0.39, 0.29) is 5.41 Å². The van der Waals surface area contributed by atoms with Gasteiger partial charge in [-0.1, -0.05) is 32.4 Å². The fraction of sp³-hybridized carbons (Fsp3) is 0.625. The van der Waals surface area contributed by atoms with Crippen LogP contribution in [-0.4, -0.2) is 31.1 Å². The highest BCUT2D eigenvalue weighted by Gasteiger charge is 2.19. The third-order valence-corrected chi connectivity index (χ3v) is 3.85. The van der Waals surface area contributed by atoms with Crippen LogP contribution in [0.15, 0.2) is 18.2 Å². The van der Waals surface area contributed by atoms with Crippen LogP contribution >= 0.6 is 11.6 Å². The van der Waals surface area contributed by atoms with Crippen molar-refractivity contribution in [1.82, 2.24) is 4.90 Å². The van der Waals surface area contributed by atoms with Crippen molar-refractivity contribution in [3.05, 3.63) is 28.8 Å². The third-order valence-electron chi connectivity index (χ3n) is 3.61. The van der Waals surface area contributed by atoms with Gasteiger partial charge in [-0.25, -0.2) is 0 Å². The predicted molar refractivity (Wildman–Crippen MR) is 81.3 cm³/mol. The molecule has 1 saturated heterocycles. The van der Waals surface area contributed by atoms with E-state index in [9.17, 15) is 0 Å². The average molecular weight is 282 g/mol. The topological polar surface area (TPSA) is 12.5 Å². The summed E-state index contributed by atoms with van der Waals surface area (Å²) in [4.78, 5) is 2.46. The van der Waals surface area contributed by atoms with Gasteiger partial charge in [-0.3, -0.25) is 4.90 Å². The molecule has 0 atom stereocenters. The molecule has 2 nitrogen and oxygen atoms in total. The first-order valence-corrected chi connectivity index (χ1v) is 7.50. The zero-order valence-corrected chi connectivity index (χ0v) is 13.0. The average Bonchev–Trinajstić information content (AvgIpc) is 2.83. The van der Waals surface area contributed by atoms with E-state index in [1.165, 1.54) is 31.5 Å². The van der Waals surface area contributed by atoms with Gasteiger partial charge in [-0.15, -0.1) is 0 Å². The Morgan fingerprint density at radius 1 is 1.21 bits per heavy atom. The number of hydrogen-bond donors (Lipinski definition) is 0. The van der Waals surface area contributed by atoms with Crippen LogP contribution in [0.3, 0.4) is 0 Å². The summed E-state index contributed by atoms with van der Waals surface area (Å²) < 4.78 is 5.98. The van der Waals surface area contributed by atoms with Gasteiger partial charge in [0.05, 0.1) is 0 Å². The number of rotatable bonds is 4. The van der Waals surface area contributed by atoms with Crippen molar-refractivity contribution < 1.29 is 4.74 Å². The minimum atomic E-state index is 0.0495. The summed E-state index contributed by atoms with van der Waals surface area (Å²) in [5, 5.41) is 0.775. The molecule has 0 aliphatic carbocycles. The van der Waals surface area contributed by atoms with Crippen LogP contribution < -0.4 is 4.74 Å². The minimum Gasteiger partial charge on any atom is -0.492 e. The normalized spacial score (nSPS) is 16.8. The SMILES string of the molecule is CC(C)(C)c1cc(Cl)ccc1OCCN1CCCC1. The molecular formula is C16H24ClNO. The molecule has 0 unspecified atom stereocenters. The maximum atomic E-state index is 6.10. The molecule has 0 aromatic heterocycles. The lowest BCUT2D eigenvalue weighted by molar-refractivity contribution is 0.234. The molecule has 106 valence electrons. The van der Waals surface area contributed by atoms with Gasteiger partial charge < -0.3 is 4.74 Å². The van der Waals surface area contributed by atoms with Crippen LogP contribution in [0.1, 0.15) is 39.2 Å². The Bertz CT molecular complexity index is 419. The first-order valence-electron chi connectivity index (χ1n) is 7.12. The van der Waals surface area contributed by atoms with Crippen LogP contribution in [0.25, 0.3) is 0 Å². The van der Waals surface area contributed by atoms with Crippen LogP contribution in [0.2, 0.25) is 5.02 Å². The first kappa shape index (κ1) is 14.7. The molecule has 1 heterocycles. The van der Waals surface area contributed by atoms with Gasteiger partial charge in [0.15, 0.2) is 0 Å². The predicted octanol–water partition coefficient (Wildman–Crippen LogP) is 4.11. The number of benzene rings is 1. The van der Waals surface area contributed by atoms with Crippen LogP contribution in [0.4, 0.5) is 0 Å². The van der Waals surface area contributed by atoms with Crippen molar-refractivity contribution in [2.75, 3.05) is 26.2 Å². The molecule has 1 aliphatic heterocycles. The Labute approximate surface area is 121 Å². The van der Waals surface area contributed by atoms with Crippen LogP contribution in [-0.2, 0) is 5.41 Å². The summed E-state index contributed by atoms with van der Waals surface area (Å²) in [6.45, 7) is 10.8. The van der Waals surface area contributed by atoms with E-state index in [2.05, 4.69) is 25.7 Å². The molecule has 0 spiro atoms. The van der Waals surface area contributed by atoms with E-state index in [0.717, 1.165) is 23.9 Å². The smallest absolute Gasteiger partial charge is 0.123 e. The van der Waals surface area contributed by atoms with Gasteiger partial charge in [-0.2, -0.15) is 0 Å². The summed E-state index contributed by atoms with van der Waals surface area (Å²) in [6, 6.07) is 5.92. The molecule has 1 aromatic rings. The van der Waals surface area contributed by atoms with Gasteiger partial charge in [0.25, 0.3) is 0 Å². The zero-order valence-electron chi connectivity index (χ0n) is 12.2. The van der Waals surface area contributed by atoms with E-state index in [1.54, 1.807) is 0 Å². The fourth-order valence-corrected chi connectivity index (χ4v) is 2.68. The quantitative estimate of drug-likeness (QED) is 0.823. The highest BCUT2D eigenvalue weighted by molar-refractivity contribution is 6.30. The molecular weight excluding hydrogens is 258 g/mol. The highest BCUT2D eigenvalue weighted by atomic mass is 35.5. The molecule has 0 N–H and O–H groups in total. The van der Waals surface area contributed by atoms with E-state index >= 15 is 0 Å². The van der Waals surface area contributed by atoms with Gasteiger partial charge >= 0.3 is 0 Å². The molecule has 2 rings (SSSR count). The number of halogens is 1. The monoisotopic (exact) mass is 281 g/mol. The second-order valence-electron chi connectivity index (χ2n) is 6.29. The summed E-state index contributed by atoms with van der Waals surface area (Å²) in [5.41, 5.74) is 1.23. The lowest BCUT2D eigenvalue weighted by atomic mass is 9.86. The molecule has 0 saturated carbocycles. The lowest BCUT2D eigenvalue weighted by Gasteiger charge is -2.24. The first-order chi connectivity index (χ1) is 8.97. The molecule has 1 aromatic carbocycles. The Morgan fingerprint density at radius 3 is 2.53 bits per heavy atom. The molecule has 1 aliphatic rings. The van der Waals surface area contributed by atoms with Gasteiger partial charge in [0.2, 0.25) is 0 Å². The largest absolute Gasteiger partial charge is 0.492 e. The van der Waals surface area contributed by atoms with E-state index < -0.39 is 0 Å². The standard InChI is InChI=1S/C16H24ClNO/c1-16(2,3)14-12-13(17)6-7-15(14)19-11-10-18-8-4-5-9-18/h6-7,12H,4-5,8-11H2,1-3H3. The second kappa shape index (κ2) is 6.15.